The normalized spacial score (nSPS) is 12.0. The van der Waals surface area contributed by atoms with Gasteiger partial charge in [0.15, 0.2) is 5.76 Å². The average Bonchev–Trinajstić information content (AvgIpc) is 3.20. The minimum atomic E-state index is -3.53. The molecule has 0 aliphatic rings. The van der Waals surface area contributed by atoms with Crippen molar-refractivity contribution >= 4 is 32.7 Å². The fourth-order valence-corrected chi connectivity index (χ4v) is 5.85. The predicted molar refractivity (Wildman–Crippen MR) is 97.2 cm³/mol. The summed E-state index contributed by atoms with van der Waals surface area (Å²) in [7, 11) is -3.53. The van der Waals surface area contributed by atoms with Crippen LogP contribution in [0.2, 0.25) is 0 Å². The summed E-state index contributed by atoms with van der Waals surface area (Å²) < 4.78 is 33.1. The zero-order valence-corrected chi connectivity index (χ0v) is 16.1. The molecule has 0 amide bonds. The van der Waals surface area contributed by atoms with Gasteiger partial charge in [0, 0.05) is 22.4 Å². The Balaban J connectivity index is 1.75. The Labute approximate surface area is 149 Å². The van der Waals surface area contributed by atoms with E-state index < -0.39 is 10.0 Å². The molecule has 128 valence electrons. The number of nitrogens with one attached hydrogen (secondary N) is 1. The molecule has 0 saturated carbocycles. The highest BCUT2D eigenvalue weighted by Crippen LogP contribution is 2.33. The molecule has 0 bridgehead atoms. The van der Waals surface area contributed by atoms with Gasteiger partial charge in [0.05, 0.1) is 15.5 Å². The van der Waals surface area contributed by atoms with Crippen molar-refractivity contribution in [3.63, 3.8) is 0 Å². The highest BCUT2D eigenvalue weighted by molar-refractivity contribution is 7.89. The quantitative estimate of drug-likeness (QED) is 0.701. The third kappa shape index (κ3) is 3.61. The van der Waals surface area contributed by atoms with Crippen LogP contribution in [-0.4, -0.2) is 20.1 Å². The molecule has 5 nitrogen and oxygen atoms in total. The largest absolute Gasteiger partial charge is 0.355 e. The summed E-state index contributed by atoms with van der Waals surface area (Å²) in [6.45, 7) is 6.05. The molecule has 3 aromatic heterocycles. The van der Waals surface area contributed by atoms with Crippen molar-refractivity contribution in [1.82, 2.24) is 9.88 Å². The third-order valence-corrected chi connectivity index (χ3v) is 7.51. The number of hydrogen-bond donors (Lipinski definition) is 1. The molecule has 8 heteroatoms. The monoisotopic (exact) mass is 382 g/mol. The number of aryl methyl sites for hydroxylation is 3. The van der Waals surface area contributed by atoms with E-state index in [1.54, 1.807) is 30.4 Å². The molecule has 0 atom stereocenters. The van der Waals surface area contributed by atoms with Crippen molar-refractivity contribution < 1.29 is 12.9 Å². The second kappa shape index (κ2) is 6.79. The molecule has 0 aromatic carbocycles. The number of thiophene rings is 2. The maximum absolute atomic E-state index is 12.6. The maximum Gasteiger partial charge on any atom is 0.241 e. The Kier molecular flexibility index (Phi) is 4.91. The van der Waals surface area contributed by atoms with Crippen LogP contribution in [0.15, 0.2) is 33.0 Å². The Bertz CT molecular complexity index is 951. The standard InChI is InChI=1S/C16H18N2O3S3/c1-10-5-7-22-14(10)4-6-17-24(19,20)16-9-15(23-12(16)3)13-8-11(2)18-21-13/h5,7-9,17H,4,6H2,1-3H3. The van der Waals surface area contributed by atoms with Gasteiger partial charge in [0.25, 0.3) is 0 Å². The van der Waals surface area contributed by atoms with Gasteiger partial charge in [-0.25, -0.2) is 13.1 Å². The molecule has 0 unspecified atom stereocenters. The molecule has 0 radical (unpaired) electrons. The number of hydrogen-bond acceptors (Lipinski definition) is 6. The summed E-state index contributed by atoms with van der Waals surface area (Å²) >= 11 is 3.04. The molecule has 0 fully saturated rings. The second-order valence-electron chi connectivity index (χ2n) is 5.54. The van der Waals surface area contributed by atoms with Gasteiger partial charge in [-0.3, -0.25) is 0 Å². The lowest BCUT2D eigenvalue weighted by Crippen LogP contribution is -2.26. The van der Waals surface area contributed by atoms with Crippen LogP contribution in [-0.2, 0) is 16.4 Å². The lowest BCUT2D eigenvalue weighted by molar-refractivity contribution is 0.428. The lowest BCUT2D eigenvalue weighted by Gasteiger charge is -2.06. The van der Waals surface area contributed by atoms with Crippen LogP contribution in [0.25, 0.3) is 10.6 Å². The van der Waals surface area contributed by atoms with E-state index in [2.05, 4.69) is 9.88 Å². The maximum atomic E-state index is 12.6. The van der Waals surface area contributed by atoms with E-state index in [9.17, 15) is 8.42 Å². The van der Waals surface area contributed by atoms with E-state index in [1.807, 2.05) is 25.3 Å². The fourth-order valence-electron chi connectivity index (χ4n) is 2.37. The van der Waals surface area contributed by atoms with E-state index in [0.717, 1.165) is 15.4 Å². The van der Waals surface area contributed by atoms with Crippen LogP contribution < -0.4 is 4.72 Å². The Morgan fingerprint density at radius 3 is 2.67 bits per heavy atom. The summed E-state index contributed by atoms with van der Waals surface area (Å²) in [6.07, 6.45) is 0.695. The van der Waals surface area contributed by atoms with Gasteiger partial charge in [-0.15, -0.1) is 22.7 Å². The van der Waals surface area contributed by atoms with Gasteiger partial charge in [0.2, 0.25) is 10.0 Å². The van der Waals surface area contributed by atoms with E-state index in [0.29, 0.717) is 23.6 Å². The highest BCUT2D eigenvalue weighted by Gasteiger charge is 2.21. The van der Waals surface area contributed by atoms with Crippen molar-refractivity contribution in [2.75, 3.05) is 6.54 Å². The summed E-state index contributed by atoms with van der Waals surface area (Å²) in [6, 6.07) is 5.50. The highest BCUT2D eigenvalue weighted by atomic mass is 32.2. The van der Waals surface area contributed by atoms with Crippen molar-refractivity contribution in [3.05, 3.63) is 44.6 Å². The topological polar surface area (TPSA) is 72.2 Å². The van der Waals surface area contributed by atoms with Gasteiger partial charge in [-0.05, 0) is 50.3 Å². The molecular weight excluding hydrogens is 364 g/mol. The summed E-state index contributed by atoms with van der Waals surface area (Å²) in [5.41, 5.74) is 1.97. The van der Waals surface area contributed by atoms with Crippen molar-refractivity contribution in [2.24, 2.45) is 0 Å². The van der Waals surface area contributed by atoms with Crippen molar-refractivity contribution in [1.29, 1.82) is 0 Å². The van der Waals surface area contributed by atoms with Crippen LogP contribution in [0, 0.1) is 20.8 Å². The molecule has 0 spiro atoms. The number of nitrogens with zero attached hydrogens (tertiary/aromatic N) is 1. The first kappa shape index (κ1) is 17.3. The smallest absolute Gasteiger partial charge is 0.241 e. The van der Waals surface area contributed by atoms with Crippen LogP contribution in [0.1, 0.15) is 21.0 Å². The predicted octanol–water partition coefficient (Wildman–Crippen LogP) is 3.91. The number of rotatable bonds is 6. The average molecular weight is 383 g/mol. The van der Waals surface area contributed by atoms with Gasteiger partial charge >= 0.3 is 0 Å². The van der Waals surface area contributed by atoms with Crippen molar-refractivity contribution in [3.8, 4) is 10.6 Å². The Morgan fingerprint density at radius 2 is 2.04 bits per heavy atom. The first-order valence-corrected chi connectivity index (χ1v) is 10.6. The van der Waals surface area contributed by atoms with E-state index in [4.69, 9.17) is 4.52 Å². The molecule has 24 heavy (non-hydrogen) atoms. The minimum Gasteiger partial charge on any atom is -0.355 e. The molecule has 0 saturated heterocycles. The molecule has 3 heterocycles. The van der Waals surface area contributed by atoms with Gasteiger partial charge in [-0.1, -0.05) is 5.16 Å². The van der Waals surface area contributed by atoms with Gasteiger partial charge < -0.3 is 4.52 Å². The van der Waals surface area contributed by atoms with Crippen LogP contribution in [0.5, 0.6) is 0 Å². The summed E-state index contributed by atoms with van der Waals surface area (Å²) in [5.74, 6) is 0.594. The fraction of sp³-hybridized carbons (Fsp3) is 0.312. The lowest BCUT2D eigenvalue weighted by atomic mass is 10.2. The Hall–Kier alpha value is -1.48. The van der Waals surface area contributed by atoms with E-state index in [1.165, 1.54) is 21.8 Å². The molecular formula is C16H18N2O3S3. The third-order valence-electron chi connectivity index (χ3n) is 3.64. The zero-order valence-electron chi connectivity index (χ0n) is 13.6. The molecule has 0 aliphatic carbocycles. The second-order valence-corrected chi connectivity index (χ2v) is 9.53. The van der Waals surface area contributed by atoms with Crippen LogP contribution >= 0.6 is 22.7 Å². The summed E-state index contributed by atoms with van der Waals surface area (Å²) in [5, 5.41) is 5.87. The summed E-state index contributed by atoms with van der Waals surface area (Å²) in [4.78, 5) is 3.01. The molecule has 3 aromatic rings. The first-order valence-electron chi connectivity index (χ1n) is 7.43. The molecule has 0 aliphatic heterocycles. The van der Waals surface area contributed by atoms with Crippen molar-refractivity contribution in [2.45, 2.75) is 32.1 Å². The molecule has 1 N–H and O–H groups in total. The van der Waals surface area contributed by atoms with E-state index in [-0.39, 0.29) is 0 Å². The van der Waals surface area contributed by atoms with Crippen LogP contribution in [0.3, 0.4) is 0 Å². The number of aromatic nitrogens is 1. The van der Waals surface area contributed by atoms with Crippen LogP contribution in [0.4, 0.5) is 0 Å². The number of sulfonamides is 1. The zero-order chi connectivity index (χ0) is 17.3. The SMILES string of the molecule is Cc1cc(-c2cc(S(=O)(=O)NCCc3sccc3C)c(C)s2)on1. The van der Waals surface area contributed by atoms with Gasteiger partial charge in [0.1, 0.15) is 0 Å². The molecule has 3 rings (SSSR count). The minimum absolute atomic E-state index is 0.305. The first-order chi connectivity index (χ1) is 11.4. The Morgan fingerprint density at radius 1 is 1.25 bits per heavy atom. The van der Waals surface area contributed by atoms with E-state index >= 15 is 0 Å². The van der Waals surface area contributed by atoms with Gasteiger partial charge in [-0.2, -0.15) is 0 Å².